The van der Waals surface area contributed by atoms with E-state index in [0.29, 0.717) is 37.2 Å². The van der Waals surface area contributed by atoms with E-state index in [2.05, 4.69) is 20.3 Å². The highest BCUT2D eigenvalue weighted by molar-refractivity contribution is 14.0. The summed E-state index contributed by atoms with van der Waals surface area (Å²) in [5, 5.41) is 6.27. The van der Waals surface area contributed by atoms with E-state index >= 15 is 0 Å². The summed E-state index contributed by atoms with van der Waals surface area (Å²) < 4.78 is 36.1. The fourth-order valence-corrected chi connectivity index (χ4v) is 2.54. The molecule has 1 aromatic carbocycles. The third-order valence-electron chi connectivity index (χ3n) is 3.15. The van der Waals surface area contributed by atoms with E-state index in [4.69, 9.17) is 9.47 Å². The summed E-state index contributed by atoms with van der Waals surface area (Å²) in [4.78, 5) is 4.36. The highest BCUT2D eigenvalue weighted by atomic mass is 127. The van der Waals surface area contributed by atoms with Crippen molar-refractivity contribution in [2.24, 2.45) is 4.99 Å². The molecule has 150 valence electrons. The molecule has 0 atom stereocenters. The molecule has 26 heavy (non-hydrogen) atoms. The second kappa shape index (κ2) is 13.0. The van der Waals surface area contributed by atoms with Gasteiger partial charge in [0, 0.05) is 24.8 Å². The van der Waals surface area contributed by atoms with Gasteiger partial charge < -0.3 is 20.1 Å². The molecule has 0 unspecified atom stereocenters. The number of guanidine groups is 1. The first-order valence-electron chi connectivity index (χ1n) is 8.29. The van der Waals surface area contributed by atoms with E-state index in [9.17, 15) is 8.42 Å². The Morgan fingerprint density at radius 2 is 1.92 bits per heavy atom. The number of nitrogens with one attached hydrogen (secondary N) is 3. The average Bonchev–Trinajstić information content (AvgIpc) is 2.60. The quantitative estimate of drug-likeness (QED) is 0.197. The van der Waals surface area contributed by atoms with Crippen molar-refractivity contribution in [1.29, 1.82) is 0 Å². The van der Waals surface area contributed by atoms with Crippen LogP contribution in [0.1, 0.15) is 20.8 Å². The number of halogens is 1. The van der Waals surface area contributed by atoms with Gasteiger partial charge in [0.1, 0.15) is 0 Å². The van der Waals surface area contributed by atoms with Crippen molar-refractivity contribution in [1.82, 2.24) is 10.0 Å². The number of sulfonamides is 1. The highest BCUT2D eigenvalue weighted by Gasteiger charge is 2.07. The number of methoxy groups -OCH3 is 1. The molecule has 0 radical (unpaired) electrons. The minimum absolute atomic E-state index is 0. The van der Waals surface area contributed by atoms with Crippen LogP contribution in [-0.2, 0) is 10.0 Å². The summed E-state index contributed by atoms with van der Waals surface area (Å²) in [6, 6.07) is 5.50. The van der Waals surface area contributed by atoms with E-state index in [0.717, 1.165) is 5.69 Å². The minimum atomic E-state index is -3.20. The van der Waals surface area contributed by atoms with Gasteiger partial charge in [-0.2, -0.15) is 0 Å². The second-order valence-corrected chi connectivity index (χ2v) is 7.08. The van der Waals surface area contributed by atoms with Gasteiger partial charge in [-0.3, -0.25) is 4.99 Å². The minimum Gasteiger partial charge on any atom is -0.493 e. The zero-order chi connectivity index (χ0) is 18.7. The van der Waals surface area contributed by atoms with Gasteiger partial charge >= 0.3 is 0 Å². The maximum Gasteiger partial charge on any atom is 0.211 e. The lowest BCUT2D eigenvalue weighted by Crippen LogP contribution is -2.32. The normalized spacial score (nSPS) is 11.5. The van der Waals surface area contributed by atoms with Crippen LogP contribution in [0.4, 0.5) is 5.69 Å². The van der Waals surface area contributed by atoms with Crippen LogP contribution in [0.15, 0.2) is 23.2 Å². The van der Waals surface area contributed by atoms with Crippen molar-refractivity contribution in [2.75, 3.05) is 44.4 Å². The second-order valence-electron chi connectivity index (χ2n) is 4.98. The number of aliphatic imine (C=N–C) groups is 1. The Morgan fingerprint density at radius 1 is 1.19 bits per heavy atom. The van der Waals surface area contributed by atoms with Gasteiger partial charge in [0.15, 0.2) is 17.5 Å². The molecule has 0 fully saturated rings. The van der Waals surface area contributed by atoms with Crippen molar-refractivity contribution in [2.45, 2.75) is 20.8 Å². The third-order valence-corrected chi connectivity index (χ3v) is 4.56. The fourth-order valence-electron chi connectivity index (χ4n) is 1.93. The molecule has 0 aliphatic rings. The molecule has 0 saturated carbocycles. The van der Waals surface area contributed by atoms with Crippen LogP contribution in [0.2, 0.25) is 0 Å². The van der Waals surface area contributed by atoms with Gasteiger partial charge in [-0.25, -0.2) is 13.1 Å². The monoisotopic (exact) mass is 500 g/mol. The molecule has 8 nitrogen and oxygen atoms in total. The molecule has 0 aliphatic heterocycles. The van der Waals surface area contributed by atoms with Gasteiger partial charge in [-0.1, -0.05) is 0 Å². The summed E-state index contributed by atoms with van der Waals surface area (Å²) in [6.45, 7) is 7.27. The summed E-state index contributed by atoms with van der Waals surface area (Å²) in [5.41, 5.74) is 0.786. The first-order chi connectivity index (χ1) is 12.0. The Balaban J connectivity index is 0.00000625. The summed E-state index contributed by atoms with van der Waals surface area (Å²) in [7, 11) is -1.61. The fraction of sp³-hybridized carbons (Fsp3) is 0.562. The molecule has 0 aromatic heterocycles. The summed E-state index contributed by atoms with van der Waals surface area (Å²) >= 11 is 0. The van der Waals surface area contributed by atoms with Crippen LogP contribution < -0.4 is 24.8 Å². The van der Waals surface area contributed by atoms with Crippen molar-refractivity contribution >= 4 is 45.6 Å². The van der Waals surface area contributed by atoms with Crippen LogP contribution in [0, 0.1) is 0 Å². The van der Waals surface area contributed by atoms with Crippen LogP contribution in [0.5, 0.6) is 11.5 Å². The molecular weight excluding hydrogens is 471 g/mol. The first-order valence-corrected chi connectivity index (χ1v) is 9.94. The molecule has 0 aliphatic carbocycles. The van der Waals surface area contributed by atoms with Crippen LogP contribution in [0.25, 0.3) is 0 Å². The van der Waals surface area contributed by atoms with E-state index < -0.39 is 10.0 Å². The van der Waals surface area contributed by atoms with E-state index in [-0.39, 0.29) is 36.3 Å². The molecule has 1 aromatic rings. The van der Waals surface area contributed by atoms with Crippen LogP contribution in [0.3, 0.4) is 0 Å². The van der Waals surface area contributed by atoms with Crippen LogP contribution in [-0.4, -0.2) is 53.5 Å². The van der Waals surface area contributed by atoms with Crippen molar-refractivity contribution < 1.29 is 17.9 Å². The molecule has 10 heteroatoms. The van der Waals surface area contributed by atoms with E-state index in [1.807, 2.05) is 32.0 Å². The Labute approximate surface area is 173 Å². The lowest BCUT2D eigenvalue weighted by atomic mass is 10.2. The summed E-state index contributed by atoms with van der Waals surface area (Å²) in [6.07, 6.45) is 0. The summed E-state index contributed by atoms with van der Waals surface area (Å²) in [5.74, 6) is 1.91. The predicted molar refractivity (Wildman–Crippen MR) is 117 cm³/mol. The smallest absolute Gasteiger partial charge is 0.211 e. The molecule has 0 heterocycles. The average molecular weight is 500 g/mol. The van der Waals surface area contributed by atoms with Crippen molar-refractivity contribution in [3.05, 3.63) is 18.2 Å². The van der Waals surface area contributed by atoms with Crippen LogP contribution >= 0.6 is 24.0 Å². The van der Waals surface area contributed by atoms with Crippen molar-refractivity contribution in [3.63, 3.8) is 0 Å². The molecule has 3 N–H and O–H groups in total. The molecule has 0 bridgehead atoms. The van der Waals surface area contributed by atoms with Gasteiger partial charge in [0.25, 0.3) is 0 Å². The van der Waals surface area contributed by atoms with Gasteiger partial charge in [0.2, 0.25) is 10.0 Å². The Bertz CT molecular complexity index is 668. The zero-order valence-electron chi connectivity index (χ0n) is 15.7. The molecule has 1 rings (SSSR count). The Morgan fingerprint density at radius 3 is 2.50 bits per heavy atom. The zero-order valence-corrected chi connectivity index (χ0v) is 18.8. The predicted octanol–water partition coefficient (Wildman–Crippen LogP) is 2.03. The Hall–Kier alpha value is -1.27. The maximum atomic E-state index is 11.4. The number of rotatable bonds is 10. The van der Waals surface area contributed by atoms with E-state index in [1.54, 1.807) is 14.0 Å². The first kappa shape index (κ1) is 24.7. The van der Waals surface area contributed by atoms with Crippen molar-refractivity contribution in [3.8, 4) is 11.5 Å². The largest absolute Gasteiger partial charge is 0.493 e. The standard InChI is InChI=1S/C16H28N4O4S.HI/c1-5-17-16(18-10-11-19-25(21,22)7-3)20-13-8-9-14(24-6-2)15(12-13)23-4;/h8-9,12,19H,5-7,10-11H2,1-4H3,(H2,17,18,20);1H. The topological polar surface area (TPSA) is 101 Å². The third kappa shape index (κ3) is 8.90. The number of benzene rings is 1. The van der Waals surface area contributed by atoms with Gasteiger partial charge in [-0.15, -0.1) is 24.0 Å². The number of ether oxygens (including phenoxy) is 2. The van der Waals surface area contributed by atoms with E-state index in [1.165, 1.54) is 0 Å². The molecular formula is C16H29IN4O4S. The number of nitrogens with zero attached hydrogens (tertiary/aromatic N) is 1. The number of hydrogen-bond donors (Lipinski definition) is 3. The Kier molecular flexibility index (Phi) is 12.3. The van der Waals surface area contributed by atoms with Gasteiger partial charge in [-0.05, 0) is 32.9 Å². The number of hydrogen-bond acceptors (Lipinski definition) is 5. The SMILES string of the molecule is CCNC(=NCCNS(=O)(=O)CC)Nc1ccc(OCC)c(OC)c1.I. The maximum absolute atomic E-state index is 11.4. The molecule has 0 spiro atoms. The number of anilines is 1. The lowest BCUT2D eigenvalue weighted by molar-refractivity contribution is 0.311. The molecule has 0 saturated heterocycles. The van der Waals surface area contributed by atoms with Gasteiger partial charge in [0.05, 0.1) is 26.0 Å². The lowest BCUT2D eigenvalue weighted by Gasteiger charge is -2.14. The highest BCUT2D eigenvalue weighted by Crippen LogP contribution is 2.30. The molecule has 0 amide bonds.